The molecule has 0 spiro atoms. The number of hydrogen-bond acceptors (Lipinski definition) is 8. The summed E-state index contributed by atoms with van der Waals surface area (Å²) in [6, 6.07) is 2.26. The molecule has 32 heavy (non-hydrogen) atoms. The normalized spacial score (nSPS) is 36.5. The summed E-state index contributed by atoms with van der Waals surface area (Å²) in [6.45, 7) is 1.93. The lowest BCUT2D eigenvalue weighted by Gasteiger charge is -2.54. The van der Waals surface area contributed by atoms with E-state index in [9.17, 15) is 34.5 Å². The number of hydrogen-bond donors (Lipinski definition) is 4. The standard InChI is InChI=1S/C23H28N2O7/c1-4-9-5-6-13(26)15-11(9)7-10-8-12-17(25(2)3)19(28)16(22(24)31)21(30)23(12,32)20(29)14(10)18(15)27/h5-6,10,12,14,16-17,19,26,28,32H,4,7-8H2,1-3H3,(H2,24,31)/t10-,12-,14?,16?,17-,19?,23-/m1/s1. The van der Waals surface area contributed by atoms with Crippen molar-refractivity contribution in [2.75, 3.05) is 14.1 Å². The molecule has 2 fully saturated rings. The van der Waals surface area contributed by atoms with E-state index in [4.69, 9.17) is 5.73 Å². The number of aryl methyl sites for hydroxylation is 1. The van der Waals surface area contributed by atoms with Crippen LogP contribution in [0.5, 0.6) is 5.75 Å². The Morgan fingerprint density at radius 3 is 2.44 bits per heavy atom. The fourth-order valence-corrected chi connectivity index (χ4v) is 6.22. The third-order valence-electron chi connectivity index (χ3n) is 7.65. The fourth-order valence-electron chi connectivity index (χ4n) is 6.22. The van der Waals surface area contributed by atoms with E-state index in [1.165, 1.54) is 6.07 Å². The van der Waals surface area contributed by atoms with Crippen molar-refractivity contribution in [1.29, 1.82) is 0 Å². The first-order valence-corrected chi connectivity index (χ1v) is 10.8. The van der Waals surface area contributed by atoms with Gasteiger partial charge in [-0.15, -0.1) is 0 Å². The van der Waals surface area contributed by atoms with E-state index in [2.05, 4.69) is 0 Å². The minimum absolute atomic E-state index is 0.0555. The second-order valence-corrected chi connectivity index (χ2v) is 9.42. The van der Waals surface area contributed by atoms with Crippen LogP contribution in [-0.4, -0.2) is 75.3 Å². The number of nitrogens with zero attached hydrogens (tertiary/aromatic N) is 1. The van der Waals surface area contributed by atoms with Crippen LogP contribution in [-0.2, 0) is 27.2 Å². The van der Waals surface area contributed by atoms with Gasteiger partial charge in [-0.2, -0.15) is 0 Å². The highest BCUT2D eigenvalue weighted by molar-refractivity contribution is 6.25. The van der Waals surface area contributed by atoms with Crippen molar-refractivity contribution in [2.24, 2.45) is 29.4 Å². The van der Waals surface area contributed by atoms with Crippen LogP contribution in [0.4, 0.5) is 0 Å². The van der Waals surface area contributed by atoms with Gasteiger partial charge in [0, 0.05) is 12.0 Å². The summed E-state index contributed by atoms with van der Waals surface area (Å²) < 4.78 is 0. The van der Waals surface area contributed by atoms with E-state index in [0.717, 1.165) is 5.56 Å². The van der Waals surface area contributed by atoms with Crippen molar-refractivity contribution >= 4 is 23.3 Å². The van der Waals surface area contributed by atoms with Gasteiger partial charge >= 0.3 is 0 Å². The molecule has 3 aliphatic rings. The van der Waals surface area contributed by atoms with Crippen LogP contribution in [0.2, 0.25) is 0 Å². The van der Waals surface area contributed by atoms with Gasteiger partial charge in [0.05, 0.1) is 17.6 Å². The number of Topliss-reactive ketones (excluding diaryl/α,β-unsaturated/α-hetero) is 3. The molecule has 3 aliphatic carbocycles. The van der Waals surface area contributed by atoms with E-state index in [1.54, 1.807) is 25.1 Å². The number of aromatic hydroxyl groups is 1. The number of carbonyl (C=O) groups is 4. The lowest BCUT2D eigenvalue weighted by Crippen LogP contribution is -2.75. The minimum atomic E-state index is -2.62. The van der Waals surface area contributed by atoms with Gasteiger partial charge in [0.25, 0.3) is 0 Å². The molecular weight excluding hydrogens is 416 g/mol. The lowest BCUT2D eigenvalue weighted by atomic mass is 9.52. The van der Waals surface area contributed by atoms with Gasteiger partial charge in [-0.3, -0.25) is 19.2 Å². The van der Waals surface area contributed by atoms with Crippen molar-refractivity contribution in [3.05, 3.63) is 28.8 Å². The van der Waals surface area contributed by atoms with Gasteiger partial charge in [-0.25, -0.2) is 0 Å². The maximum atomic E-state index is 13.6. The van der Waals surface area contributed by atoms with E-state index in [0.29, 0.717) is 18.4 Å². The number of nitrogens with two attached hydrogens (primary N) is 1. The molecule has 0 radical (unpaired) electrons. The van der Waals surface area contributed by atoms with Crippen LogP contribution >= 0.6 is 0 Å². The summed E-state index contributed by atoms with van der Waals surface area (Å²) in [4.78, 5) is 53.8. The van der Waals surface area contributed by atoms with Gasteiger partial charge in [-0.05, 0) is 56.5 Å². The molecule has 1 amide bonds. The van der Waals surface area contributed by atoms with Gasteiger partial charge in [0.15, 0.2) is 23.0 Å². The minimum Gasteiger partial charge on any atom is -0.507 e. The Kier molecular flexibility index (Phi) is 5.27. The number of phenolic OH excluding ortho intramolecular Hbond substituents is 1. The second-order valence-electron chi connectivity index (χ2n) is 9.42. The number of carbonyl (C=O) groups excluding carboxylic acids is 4. The summed E-state index contributed by atoms with van der Waals surface area (Å²) in [5.74, 6) is -8.76. The molecule has 0 bridgehead atoms. The van der Waals surface area contributed by atoms with Crippen molar-refractivity contribution in [3.8, 4) is 5.75 Å². The van der Waals surface area contributed by atoms with Crippen LogP contribution in [0.15, 0.2) is 12.1 Å². The van der Waals surface area contributed by atoms with Gasteiger partial charge < -0.3 is 26.0 Å². The molecule has 7 atom stereocenters. The maximum Gasteiger partial charge on any atom is 0.230 e. The molecule has 0 heterocycles. The fraction of sp³-hybridized carbons (Fsp3) is 0.565. The molecule has 0 aliphatic heterocycles. The van der Waals surface area contributed by atoms with Crippen LogP contribution in [0.25, 0.3) is 0 Å². The number of primary amides is 1. The SMILES string of the molecule is CCc1ccc(O)c2c1C[C@@H]1C[C@@H]3[C@@H](N(C)C)C(O)C(C(N)=O)C(=O)[C@]3(O)C(=O)C1C2=O. The topological polar surface area (TPSA) is 158 Å². The molecule has 3 unspecified atom stereocenters. The Morgan fingerprint density at radius 1 is 1.22 bits per heavy atom. The monoisotopic (exact) mass is 444 g/mol. The molecule has 172 valence electrons. The molecule has 9 heteroatoms. The van der Waals surface area contributed by atoms with Crippen molar-refractivity contribution < 1.29 is 34.5 Å². The smallest absolute Gasteiger partial charge is 0.230 e. The average Bonchev–Trinajstić information content (AvgIpc) is 2.70. The number of phenols is 1. The molecule has 0 aromatic heterocycles. The molecule has 0 saturated heterocycles. The molecule has 4 rings (SSSR count). The van der Waals surface area contributed by atoms with E-state index >= 15 is 0 Å². The third-order valence-corrected chi connectivity index (χ3v) is 7.65. The molecule has 1 aromatic rings. The van der Waals surface area contributed by atoms with Crippen LogP contribution in [0.1, 0.15) is 34.8 Å². The molecule has 9 nitrogen and oxygen atoms in total. The average molecular weight is 444 g/mol. The number of ketones is 3. The Hall–Kier alpha value is -2.62. The highest BCUT2D eigenvalue weighted by Gasteiger charge is 2.69. The lowest BCUT2D eigenvalue weighted by molar-refractivity contribution is -0.190. The number of fused-ring (bicyclic) bond motifs is 3. The summed E-state index contributed by atoms with van der Waals surface area (Å²) in [6.07, 6.45) is -0.419. The first kappa shape index (κ1) is 22.6. The maximum absolute atomic E-state index is 13.6. The van der Waals surface area contributed by atoms with Crippen LogP contribution in [0, 0.1) is 23.7 Å². The molecule has 2 saturated carbocycles. The Balaban J connectivity index is 1.87. The highest BCUT2D eigenvalue weighted by atomic mass is 16.3. The highest BCUT2D eigenvalue weighted by Crippen LogP contribution is 2.51. The van der Waals surface area contributed by atoms with E-state index in [1.807, 2.05) is 6.92 Å². The zero-order valence-electron chi connectivity index (χ0n) is 18.2. The number of aliphatic hydroxyl groups excluding tert-OH is 1. The summed E-state index contributed by atoms with van der Waals surface area (Å²) in [5.41, 5.74) is 4.34. The van der Waals surface area contributed by atoms with E-state index < -0.39 is 64.7 Å². The second kappa shape index (κ2) is 7.47. The number of likely N-dealkylation sites (N-methyl/N-ethyl adjacent to an activating group) is 1. The van der Waals surface area contributed by atoms with Gasteiger partial charge in [-0.1, -0.05) is 13.0 Å². The van der Waals surface area contributed by atoms with Crippen molar-refractivity contribution in [1.82, 2.24) is 4.90 Å². The van der Waals surface area contributed by atoms with Crippen LogP contribution in [0.3, 0.4) is 0 Å². The predicted molar refractivity (Wildman–Crippen MR) is 112 cm³/mol. The van der Waals surface area contributed by atoms with Crippen LogP contribution < -0.4 is 5.73 Å². The zero-order chi connectivity index (χ0) is 23.7. The summed E-state index contributed by atoms with van der Waals surface area (Å²) in [7, 11) is 3.24. The van der Waals surface area contributed by atoms with E-state index in [-0.39, 0.29) is 17.7 Å². The number of benzene rings is 1. The molecule has 5 N–H and O–H groups in total. The quantitative estimate of drug-likeness (QED) is 0.442. The Morgan fingerprint density at radius 2 is 1.88 bits per heavy atom. The van der Waals surface area contributed by atoms with Gasteiger partial charge in [0.1, 0.15) is 11.7 Å². The predicted octanol–water partition coefficient (Wildman–Crippen LogP) is -0.779. The summed E-state index contributed by atoms with van der Waals surface area (Å²) >= 11 is 0. The largest absolute Gasteiger partial charge is 0.507 e. The van der Waals surface area contributed by atoms with Gasteiger partial charge in [0.2, 0.25) is 5.91 Å². The zero-order valence-corrected chi connectivity index (χ0v) is 18.2. The van der Waals surface area contributed by atoms with Crippen molar-refractivity contribution in [2.45, 2.75) is 43.9 Å². The Bertz CT molecular complexity index is 1040. The first-order valence-electron chi connectivity index (χ1n) is 10.8. The molecular formula is C23H28N2O7. The Labute approximate surface area is 185 Å². The van der Waals surface area contributed by atoms with Crippen molar-refractivity contribution in [3.63, 3.8) is 0 Å². The molecule has 1 aromatic carbocycles. The first-order chi connectivity index (χ1) is 15.0. The third kappa shape index (κ3) is 2.81. The number of rotatable bonds is 3. The number of amides is 1. The number of aliphatic hydroxyl groups is 2. The summed E-state index contributed by atoms with van der Waals surface area (Å²) in [5, 5.41) is 32.7.